The molecule has 0 spiro atoms. The van der Waals surface area contributed by atoms with E-state index in [-0.39, 0.29) is 103 Å². The highest BCUT2D eigenvalue weighted by molar-refractivity contribution is 6.31. The summed E-state index contributed by atoms with van der Waals surface area (Å²) in [4.78, 5) is 110. The number of fused-ring (bicyclic) bond motifs is 20. The Bertz CT molecular complexity index is 6100. The molecular weight excluding hydrogens is 1860 g/mol. The van der Waals surface area contributed by atoms with Crippen molar-refractivity contribution < 1.29 is 58.6 Å². The zero-order valence-electron chi connectivity index (χ0n) is 74.4. The number of hydrogen-bond acceptors (Lipinski definition) is 20. The third-order valence-electron chi connectivity index (χ3n) is 25.1. The molecule has 0 unspecified atom stereocenters. The van der Waals surface area contributed by atoms with Gasteiger partial charge in [0.15, 0.2) is 45.8 Å². The molecule has 4 aromatic heterocycles. The van der Waals surface area contributed by atoms with Gasteiger partial charge in [-0.25, -0.2) is 0 Å². The summed E-state index contributed by atoms with van der Waals surface area (Å²) in [6.45, 7) is 10.1. The average Bonchev–Trinajstić information content (AvgIpc) is 1.09. The van der Waals surface area contributed by atoms with Crippen LogP contribution in [0.25, 0.3) is 0 Å². The highest BCUT2D eigenvalue weighted by Gasteiger charge is 2.46. The Morgan fingerprint density at radius 3 is 0.657 bits per heavy atom. The smallest absolute Gasteiger partial charge is 0.278 e. The van der Waals surface area contributed by atoms with Crippen LogP contribution in [0.3, 0.4) is 0 Å². The average molecular weight is 1980 g/mol. The number of nitrogens with zero attached hydrogens (tertiary/aromatic N) is 12. The molecule has 140 heavy (non-hydrogen) atoms. The fourth-order valence-electron chi connectivity index (χ4n) is 18.5. The van der Waals surface area contributed by atoms with Crippen molar-refractivity contribution >= 4 is 70.0 Å². The lowest BCUT2D eigenvalue weighted by Gasteiger charge is -2.45. The van der Waals surface area contributed by atoms with Crippen LogP contribution in [0.1, 0.15) is 194 Å². The quantitative estimate of drug-likeness (QED) is 0.103. The van der Waals surface area contributed by atoms with Crippen LogP contribution in [-0.2, 0) is 0 Å². The molecule has 728 valence electrons. The van der Waals surface area contributed by atoms with Gasteiger partial charge < -0.3 is 59.0 Å². The van der Waals surface area contributed by atoms with Crippen LogP contribution in [0.4, 0.5) is 0 Å². The topological polar surface area (TPSA) is 300 Å². The van der Waals surface area contributed by atoms with E-state index in [1.165, 1.54) is 49.1 Å². The van der Waals surface area contributed by atoms with Gasteiger partial charge in [-0.1, -0.05) is 274 Å². The van der Waals surface area contributed by atoms with Crippen LogP contribution in [0, 0.1) is 0 Å². The maximum atomic E-state index is 13.5. The number of ether oxygens (including phenoxy) is 4. The third kappa shape index (κ3) is 20.3. The molecule has 8 aliphatic heterocycles. The lowest BCUT2D eigenvalue weighted by Crippen LogP contribution is -2.57. The molecule has 12 aromatic rings. The predicted molar refractivity (Wildman–Crippen MR) is 547 cm³/mol. The lowest BCUT2D eigenvalue weighted by molar-refractivity contribution is 0.0618. The van der Waals surface area contributed by atoms with Crippen molar-refractivity contribution in [3.63, 3.8) is 0 Å². The Morgan fingerprint density at radius 1 is 0.279 bits per heavy atom. The van der Waals surface area contributed by atoms with Crippen molar-refractivity contribution in [1.29, 1.82) is 0 Å². The lowest BCUT2D eigenvalue weighted by atomic mass is 9.97. The molecule has 4 N–H and O–H groups in total. The van der Waals surface area contributed by atoms with Crippen molar-refractivity contribution in [2.24, 2.45) is 0 Å². The third-order valence-corrected chi connectivity index (χ3v) is 26.1. The number of pyridine rings is 4. The zero-order valence-corrected chi connectivity index (χ0v) is 77.4. The monoisotopic (exact) mass is 1970 g/mol. The molecule has 8 bridgehead atoms. The fourth-order valence-corrected chi connectivity index (χ4v) is 19.2. The first-order chi connectivity index (χ1) is 66.0. The molecule has 0 radical (unpaired) electrons. The van der Waals surface area contributed by atoms with E-state index < -0.39 is 92.5 Å². The van der Waals surface area contributed by atoms with Gasteiger partial charge in [-0.05, 0) is 121 Å². The standard InChI is InChI=1S/4C26H24ClN3O4.4CH4/c4*1-2-19-9-6-14-34-22-15-18(27)10-11-20(22)23(17-7-4-3-5-8-17)30-16-28(19)26(33)24-25(32)21(31)12-13-29(24)30;;;;/h4*3-13,15,19,23,32H,2,14,16H2,1H3;4*1H4/b4*9-6+;;;;/t2*19-,23+;2*19-,23-;;;;/m1010..../s1. The summed E-state index contributed by atoms with van der Waals surface area (Å²) in [5.41, 5.74) is 4.59. The molecule has 0 saturated carbocycles. The van der Waals surface area contributed by atoms with E-state index in [0.29, 0.717) is 95.2 Å². The molecule has 8 aliphatic rings. The van der Waals surface area contributed by atoms with E-state index >= 15 is 0 Å². The van der Waals surface area contributed by atoms with Gasteiger partial charge in [0.25, 0.3) is 23.6 Å². The van der Waals surface area contributed by atoms with Crippen molar-refractivity contribution in [3.05, 3.63) is 420 Å². The van der Waals surface area contributed by atoms with Gasteiger partial charge in [-0.15, -0.1) is 0 Å². The number of benzene rings is 8. The number of aromatic hydroxyl groups is 4. The van der Waals surface area contributed by atoms with Gasteiger partial charge in [0, 0.05) is 91.4 Å². The van der Waals surface area contributed by atoms with Crippen molar-refractivity contribution in [3.8, 4) is 46.0 Å². The summed E-state index contributed by atoms with van der Waals surface area (Å²) in [6, 6.07) is 63.8. The van der Waals surface area contributed by atoms with Crippen LogP contribution in [-0.4, -0.2) is 160 Å². The van der Waals surface area contributed by atoms with Crippen molar-refractivity contribution in [2.45, 2.75) is 131 Å². The van der Waals surface area contributed by atoms with Crippen LogP contribution in [0.2, 0.25) is 20.1 Å². The van der Waals surface area contributed by atoms with E-state index in [4.69, 9.17) is 65.4 Å². The van der Waals surface area contributed by atoms with Crippen LogP contribution in [0.5, 0.6) is 46.0 Å². The molecule has 20 rings (SSSR count). The summed E-state index contributed by atoms with van der Waals surface area (Å²) in [5, 5.41) is 52.8. The van der Waals surface area contributed by atoms with Gasteiger partial charge >= 0.3 is 0 Å². The first kappa shape index (κ1) is 103. The molecule has 0 fully saturated rings. The molecule has 4 amide bonds. The van der Waals surface area contributed by atoms with E-state index in [0.717, 1.165) is 44.5 Å². The number of rotatable bonds is 8. The first-order valence-corrected chi connectivity index (χ1v) is 46.1. The summed E-state index contributed by atoms with van der Waals surface area (Å²) in [7, 11) is 0. The predicted octanol–water partition coefficient (Wildman–Crippen LogP) is 18.8. The number of hydrogen-bond donors (Lipinski definition) is 4. The molecule has 8 atom stereocenters. The van der Waals surface area contributed by atoms with Crippen molar-refractivity contribution in [1.82, 2.24) is 38.3 Å². The number of carbonyl (C=O) groups is 4. The second kappa shape index (κ2) is 44.7. The molecule has 12 heterocycles. The summed E-state index contributed by atoms with van der Waals surface area (Å²) < 4.78 is 30.9. The second-order valence-electron chi connectivity index (χ2n) is 33.2. The van der Waals surface area contributed by atoms with Crippen LogP contribution < -0.4 is 60.7 Å². The largest absolute Gasteiger partial charge is 0.502 e. The minimum atomic E-state index is -0.596. The molecule has 0 saturated heterocycles. The van der Waals surface area contributed by atoms with Crippen LogP contribution >= 0.6 is 46.4 Å². The zero-order chi connectivity index (χ0) is 95.3. The highest BCUT2D eigenvalue weighted by Crippen LogP contribution is 2.46. The Labute approximate surface area is 832 Å². The molecule has 0 aliphatic carbocycles. The maximum absolute atomic E-state index is 13.5. The molecule has 32 heteroatoms. The number of aromatic nitrogens is 4. The highest BCUT2D eigenvalue weighted by atomic mass is 35.5. The van der Waals surface area contributed by atoms with Crippen molar-refractivity contribution in [2.75, 3.05) is 73.1 Å². The molecule has 28 nitrogen and oxygen atoms in total. The Kier molecular flexibility index (Phi) is 32.8. The number of carbonyl (C=O) groups excluding carboxylic acids is 4. The van der Waals surface area contributed by atoms with Crippen LogP contribution in [0.15, 0.2) is 311 Å². The number of halogens is 4. The van der Waals surface area contributed by atoms with Gasteiger partial charge in [-0.2, -0.15) is 0 Å². The summed E-state index contributed by atoms with van der Waals surface area (Å²) in [6.07, 6.45) is 24.0. The minimum absolute atomic E-state index is 0. The maximum Gasteiger partial charge on any atom is 0.278 e. The van der Waals surface area contributed by atoms with E-state index in [1.54, 1.807) is 86.8 Å². The fraction of sp³-hybridized carbons (Fsp3) is 0.259. The minimum Gasteiger partial charge on any atom is -0.502 e. The summed E-state index contributed by atoms with van der Waals surface area (Å²) >= 11 is 25.3. The Morgan fingerprint density at radius 2 is 0.471 bits per heavy atom. The number of amides is 4. The van der Waals surface area contributed by atoms with E-state index in [9.17, 15) is 58.8 Å². The molecule has 8 aromatic carbocycles. The van der Waals surface area contributed by atoms with E-state index in [1.807, 2.05) is 242 Å². The summed E-state index contributed by atoms with van der Waals surface area (Å²) in [5.74, 6) is -1.34. The van der Waals surface area contributed by atoms with E-state index in [2.05, 4.69) is 0 Å². The van der Waals surface area contributed by atoms with Gasteiger partial charge in [0.2, 0.25) is 21.7 Å². The molecular formula is C108H112Cl4N12O16. The normalized spacial score (nSPS) is 20.0. The van der Waals surface area contributed by atoms with Gasteiger partial charge in [0.05, 0.1) is 24.2 Å². The van der Waals surface area contributed by atoms with Gasteiger partial charge in [0.1, 0.15) is 100 Å². The second-order valence-corrected chi connectivity index (χ2v) is 34.9. The Balaban J connectivity index is 0.000000156. The first-order valence-electron chi connectivity index (χ1n) is 44.6. The Hall–Kier alpha value is -14.8. The SMILES string of the molecule is C.C.C.C.CC[C@@H]1/C=C/COc2cc(Cl)ccc2[C@@H](c2ccccc2)N2CN1C(=O)c1c(O)c(=O)ccn12.CC[C@@H]1/C=C/COc2cc(Cl)ccc2[C@H](c2ccccc2)N2CN1C(=O)c1c(O)c(=O)ccn12.CC[C@H]1/C=C/COc2cc(Cl)ccc2[C@@H](c2ccccc2)N2CN1C(=O)c1c(O)c(=O)ccn12.CC[C@H]1/C=C/COc2cc(Cl)ccc2[C@H](c2ccccc2)N2CN1C(=O)c1c(O)c(=O)ccn12. The van der Waals surface area contributed by atoms with Gasteiger partial charge in [-0.3, -0.25) is 77.1 Å².